The van der Waals surface area contributed by atoms with E-state index in [1.807, 2.05) is 0 Å². The van der Waals surface area contributed by atoms with E-state index in [9.17, 15) is 0 Å². The van der Waals surface area contributed by atoms with E-state index in [2.05, 4.69) is 15.3 Å². The number of aromatic nitrogens is 3. The molecule has 0 aliphatic carbocycles. The van der Waals surface area contributed by atoms with Crippen LogP contribution in [0, 0.1) is 0 Å². The molecule has 0 fully saturated rings. The fraction of sp³-hybridized carbons (Fsp3) is 0.214. The van der Waals surface area contributed by atoms with E-state index in [0.29, 0.717) is 5.82 Å². The standard InChI is InChI=1S/C14H14N4O5/c1-20-9-4-2-8(3-5-9)12-16-13(23-17-12)10-11(15)22-18-14(10)21-7-6-19/h2-5,19H,6-7,15H2,1H3. The van der Waals surface area contributed by atoms with Crippen molar-refractivity contribution in [2.75, 3.05) is 26.1 Å². The molecule has 0 bridgehead atoms. The number of hydrogen-bond donors (Lipinski definition) is 2. The van der Waals surface area contributed by atoms with Gasteiger partial charge in [0.15, 0.2) is 5.56 Å². The minimum Gasteiger partial charge on any atom is -0.497 e. The molecule has 2 heterocycles. The van der Waals surface area contributed by atoms with Crippen molar-refractivity contribution in [3.05, 3.63) is 24.3 Å². The number of ether oxygens (including phenoxy) is 2. The van der Waals surface area contributed by atoms with E-state index in [4.69, 9.17) is 29.4 Å². The maximum Gasteiger partial charge on any atom is 0.269 e. The van der Waals surface area contributed by atoms with Gasteiger partial charge in [-0.05, 0) is 29.4 Å². The van der Waals surface area contributed by atoms with Gasteiger partial charge in [-0.3, -0.25) is 0 Å². The normalized spacial score (nSPS) is 10.7. The summed E-state index contributed by atoms with van der Waals surface area (Å²) < 4.78 is 20.4. The van der Waals surface area contributed by atoms with E-state index in [1.54, 1.807) is 31.4 Å². The number of aliphatic hydroxyl groups excluding tert-OH is 1. The van der Waals surface area contributed by atoms with Crippen LogP contribution >= 0.6 is 0 Å². The molecule has 0 aliphatic heterocycles. The number of benzene rings is 1. The van der Waals surface area contributed by atoms with Crippen molar-refractivity contribution in [1.82, 2.24) is 15.3 Å². The quantitative estimate of drug-likeness (QED) is 0.691. The first-order valence-electron chi connectivity index (χ1n) is 6.70. The first-order chi connectivity index (χ1) is 11.2. The third kappa shape index (κ3) is 2.94. The van der Waals surface area contributed by atoms with E-state index >= 15 is 0 Å². The van der Waals surface area contributed by atoms with Crippen LogP contribution in [0.25, 0.3) is 22.8 Å². The lowest BCUT2D eigenvalue weighted by atomic mass is 10.2. The molecule has 9 heteroatoms. The first kappa shape index (κ1) is 14.9. The van der Waals surface area contributed by atoms with Crippen LogP contribution in [0.4, 0.5) is 5.88 Å². The number of nitrogen functional groups attached to an aromatic ring is 1. The summed E-state index contributed by atoms with van der Waals surface area (Å²) >= 11 is 0. The number of rotatable bonds is 6. The molecule has 1 aromatic carbocycles. The van der Waals surface area contributed by atoms with Crippen LogP contribution in [0.1, 0.15) is 0 Å². The number of anilines is 1. The Kier molecular flexibility index (Phi) is 4.11. The lowest BCUT2D eigenvalue weighted by molar-refractivity contribution is 0.191. The van der Waals surface area contributed by atoms with Crippen LogP contribution in [-0.2, 0) is 0 Å². The maximum atomic E-state index is 8.82. The van der Waals surface area contributed by atoms with Gasteiger partial charge >= 0.3 is 0 Å². The van der Waals surface area contributed by atoms with Crippen molar-refractivity contribution < 1.29 is 23.6 Å². The zero-order chi connectivity index (χ0) is 16.2. The monoisotopic (exact) mass is 318 g/mol. The second kappa shape index (κ2) is 6.36. The molecule has 0 radical (unpaired) electrons. The molecule has 0 spiro atoms. The summed E-state index contributed by atoms with van der Waals surface area (Å²) in [6.07, 6.45) is 0. The average molecular weight is 318 g/mol. The Morgan fingerprint density at radius 2 is 1.96 bits per heavy atom. The summed E-state index contributed by atoms with van der Waals surface area (Å²) in [6, 6.07) is 7.17. The average Bonchev–Trinajstić information content (AvgIpc) is 3.19. The van der Waals surface area contributed by atoms with Crippen LogP contribution in [0.15, 0.2) is 33.3 Å². The van der Waals surface area contributed by atoms with Crippen molar-refractivity contribution in [2.45, 2.75) is 0 Å². The van der Waals surface area contributed by atoms with Crippen molar-refractivity contribution >= 4 is 5.88 Å². The Hall–Kier alpha value is -3.07. The molecule has 0 aliphatic rings. The largest absolute Gasteiger partial charge is 0.497 e. The molecule has 0 atom stereocenters. The van der Waals surface area contributed by atoms with Gasteiger partial charge in [-0.15, -0.1) is 0 Å². The Labute approximate surface area is 130 Å². The predicted octanol–water partition coefficient (Wildman–Crippen LogP) is 1.35. The van der Waals surface area contributed by atoms with Crippen molar-refractivity contribution in [1.29, 1.82) is 0 Å². The highest BCUT2D eigenvalue weighted by atomic mass is 16.5. The van der Waals surface area contributed by atoms with Gasteiger partial charge in [0, 0.05) is 5.56 Å². The maximum absolute atomic E-state index is 8.82. The Morgan fingerprint density at radius 1 is 1.17 bits per heavy atom. The summed E-state index contributed by atoms with van der Waals surface area (Å²) in [5, 5.41) is 16.4. The highest BCUT2D eigenvalue weighted by molar-refractivity contribution is 5.72. The van der Waals surface area contributed by atoms with Gasteiger partial charge in [0.2, 0.25) is 11.7 Å². The smallest absolute Gasteiger partial charge is 0.269 e. The topological polar surface area (TPSA) is 130 Å². The fourth-order valence-corrected chi connectivity index (χ4v) is 1.91. The van der Waals surface area contributed by atoms with Crippen molar-refractivity contribution in [3.8, 4) is 34.5 Å². The molecular weight excluding hydrogens is 304 g/mol. The zero-order valence-electron chi connectivity index (χ0n) is 12.2. The van der Waals surface area contributed by atoms with Gasteiger partial charge in [0.25, 0.3) is 11.8 Å². The van der Waals surface area contributed by atoms with Gasteiger partial charge in [-0.1, -0.05) is 5.16 Å². The van der Waals surface area contributed by atoms with E-state index in [0.717, 1.165) is 11.3 Å². The number of nitrogens with two attached hydrogens (primary N) is 1. The van der Waals surface area contributed by atoms with E-state index in [-0.39, 0.29) is 36.4 Å². The Balaban J connectivity index is 1.91. The van der Waals surface area contributed by atoms with Gasteiger partial charge in [-0.25, -0.2) is 0 Å². The second-order valence-electron chi connectivity index (χ2n) is 4.45. The first-order valence-corrected chi connectivity index (χ1v) is 6.70. The molecule has 3 rings (SSSR count). The third-order valence-corrected chi connectivity index (χ3v) is 3.01. The molecule has 2 aromatic heterocycles. The molecule has 3 aromatic rings. The molecule has 0 amide bonds. The SMILES string of the molecule is COc1ccc(-c2noc(-c3c(OCCO)noc3N)n2)cc1. The highest BCUT2D eigenvalue weighted by Crippen LogP contribution is 2.34. The molecule has 0 saturated carbocycles. The second-order valence-corrected chi connectivity index (χ2v) is 4.45. The van der Waals surface area contributed by atoms with Crippen LogP contribution < -0.4 is 15.2 Å². The molecule has 3 N–H and O–H groups in total. The molecule has 9 nitrogen and oxygen atoms in total. The zero-order valence-corrected chi connectivity index (χ0v) is 12.2. The lowest BCUT2D eigenvalue weighted by Crippen LogP contribution is -2.02. The van der Waals surface area contributed by atoms with Crippen LogP contribution in [0.5, 0.6) is 11.6 Å². The van der Waals surface area contributed by atoms with Gasteiger partial charge in [-0.2, -0.15) is 4.98 Å². The number of nitrogens with zero attached hydrogens (tertiary/aromatic N) is 3. The van der Waals surface area contributed by atoms with Gasteiger partial charge in [0.1, 0.15) is 12.4 Å². The van der Waals surface area contributed by atoms with Crippen molar-refractivity contribution in [2.24, 2.45) is 0 Å². The number of aliphatic hydroxyl groups is 1. The van der Waals surface area contributed by atoms with Gasteiger partial charge in [0.05, 0.1) is 13.7 Å². The molecular formula is C14H14N4O5. The summed E-state index contributed by atoms with van der Waals surface area (Å²) in [5.41, 5.74) is 6.71. The van der Waals surface area contributed by atoms with Gasteiger partial charge < -0.3 is 29.4 Å². The van der Waals surface area contributed by atoms with Crippen molar-refractivity contribution in [3.63, 3.8) is 0 Å². The minimum absolute atomic E-state index is 0.0112. The fourth-order valence-electron chi connectivity index (χ4n) is 1.91. The lowest BCUT2D eigenvalue weighted by Gasteiger charge is -1.99. The van der Waals surface area contributed by atoms with Crippen LogP contribution in [0.2, 0.25) is 0 Å². The summed E-state index contributed by atoms with van der Waals surface area (Å²) in [5.74, 6) is 1.28. The summed E-state index contributed by atoms with van der Waals surface area (Å²) in [7, 11) is 1.59. The third-order valence-electron chi connectivity index (χ3n) is 3.01. The van der Waals surface area contributed by atoms with Crippen LogP contribution in [0.3, 0.4) is 0 Å². The number of hydrogen-bond acceptors (Lipinski definition) is 9. The highest BCUT2D eigenvalue weighted by Gasteiger charge is 2.23. The molecule has 0 unspecified atom stereocenters. The van der Waals surface area contributed by atoms with E-state index < -0.39 is 0 Å². The van der Waals surface area contributed by atoms with Crippen LogP contribution in [-0.4, -0.2) is 40.7 Å². The predicted molar refractivity (Wildman–Crippen MR) is 78.8 cm³/mol. The number of methoxy groups -OCH3 is 1. The molecule has 120 valence electrons. The van der Waals surface area contributed by atoms with E-state index in [1.165, 1.54) is 0 Å². The summed E-state index contributed by atoms with van der Waals surface area (Å²) in [4.78, 5) is 4.27. The minimum atomic E-state index is -0.173. The Morgan fingerprint density at radius 3 is 2.65 bits per heavy atom. The summed E-state index contributed by atoms with van der Waals surface area (Å²) in [6.45, 7) is -0.133. The Bertz CT molecular complexity index is 781. The molecule has 23 heavy (non-hydrogen) atoms. The molecule has 0 saturated heterocycles.